The summed E-state index contributed by atoms with van der Waals surface area (Å²) in [5.74, 6) is 5.96. The highest BCUT2D eigenvalue weighted by atomic mass is 35.5. The average Bonchev–Trinajstić information content (AvgIpc) is 2.02. The van der Waals surface area contributed by atoms with Gasteiger partial charge in [0.05, 0.1) is 0 Å². The van der Waals surface area contributed by atoms with Gasteiger partial charge in [-0.25, -0.2) is 0 Å². The maximum absolute atomic E-state index is 5.99. The number of aryl methyl sites for hydroxylation is 1. The average molecular weight is 213 g/mol. The molecular formula is C11H17ClN2. The van der Waals surface area contributed by atoms with Crippen molar-refractivity contribution in [2.45, 2.75) is 26.8 Å². The van der Waals surface area contributed by atoms with Crippen molar-refractivity contribution >= 4 is 11.6 Å². The quantitative estimate of drug-likeness (QED) is 0.598. The number of rotatable bonds is 3. The molecule has 0 spiro atoms. The number of halogens is 1. The number of hydrogen-bond donors (Lipinski definition) is 2. The molecule has 14 heavy (non-hydrogen) atoms. The van der Waals surface area contributed by atoms with E-state index < -0.39 is 0 Å². The van der Waals surface area contributed by atoms with Gasteiger partial charge in [-0.05, 0) is 36.1 Å². The van der Waals surface area contributed by atoms with Crippen molar-refractivity contribution in [2.24, 2.45) is 11.8 Å². The molecule has 0 aliphatic carbocycles. The molecule has 0 aliphatic heterocycles. The standard InChI is InChI=1S/C11H17ClN2/c1-7(2)11(14-13)9-4-8(3)5-10(12)6-9/h4-7,11,14H,13H2,1-3H3. The molecule has 1 unspecified atom stereocenters. The van der Waals surface area contributed by atoms with E-state index in [-0.39, 0.29) is 6.04 Å². The van der Waals surface area contributed by atoms with E-state index in [1.165, 1.54) is 0 Å². The summed E-state index contributed by atoms with van der Waals surface area (Å²) in [6.07, 6.45) is 0. The summed E-state index contributed by atoms with van der Waals surface area (Å²) in [5, 5.41) is 0.765. The summed E-state index contributed by atoms with van der Waals surface area (Å²) in [6, 6.07) is 6.17. The lowest BCUT2D eigenvalue weighted by molar-refractivity contribution is 0.421. The number of nitrogens with two attached hydrogens (primary N) is 1. The largest absolute Gasteiger partial charge is 0.271 e. The van der Waals surface area contributed by atoms with Gasteiger partial charge < -0.3 is 0 Å². The van der Waals surface area contributed by atoms with Crippen LogP contribution in [0.1, 0.15) is 31.0 Å². The van der Waals surface area contributed by atoms with Crippen LogP contribution >= 0.6 is 11.6 Å². The molecule has 2 nitrogen and oxygen atoms in total. The first-order valence-electron chi connectivity index (χ1n) is 4.78. The van der Waals surface area contributed by atoms with Crippen molar-refractivity contribution in [1.29, 1.82) is 0 Å². The van der Waals surface area contributed by atoms with E-state index in [1.807, 2.05) is 19.1 Å². The predicted molar refractivity (Wildman–Crippen MR) is 61.1 cm³/mol. The lowest BCUT2D eigenvalue weighted by atomic mass is 9.95. The topological polar surface area (TPSA) is 38.0 Å². The molecule has 1 atom stereocenters. The minimum absolute atomic E-state index is 0.160. The van der Waals surface area contributed by atoms with E-state index in [2.05, 4.69) is 25.3 Å². The van der Waals surface area contributed by atoms with Crippen LogP contribution in [-0.2, 0) is 0 Å². The Kier molecular flexibility index (Phi) is 3.93. The number of nitrogens with one attached hydrogen (secondary N) is 1. The first-order valence-corrected chi connectivity index (χ1v) is 5.15. The minimum atomic E-state index is 0.160. The zero-order valence-corrected chi connectivity index (χ0v) is 9.60. The second-order valence-electron chi connectivity index (χ2n) is 3.95. The summed E-state index contributed by atoms with van der Waals surface area (Å²) >= 11 is 5.99. The molecule has 1 rings (SSSR count). The molecule has 0 heterocycles. The molecule has 1 aromatic carbocycles. The molecular weight excluding hydrogens is 196 g/mol. The normalized spacial score (nSPS) is 13.3. The third-order valence-electron chi connectivity index (χ3n) is 2.27. The summed E-state index contributed by atoms with van der Waals surface area (Å²) in [6.45, 7) is 6.28. The van der Waals surface area contributed by atoms with Crippen LogP contribution in [-0.4, -0.2) is 0 Å². The second-order valence-corrected chi connectivity index (χ2v) is 4.39. The molecule has 0 saturated heterocycles. The highest BCUT2D eigenvalue weighted by Gasteiger charge is 2.14. The Morgan fingerprint density at radius 3 is 2.36 bits per heavy atom. The molecule has 78 valence electrons. The number of benzene rings is 1. The smallest absolute Gasteiger partial charge is 0.0483 e. The predicted octanol–water partition coefficient (Wildman–Crippen LogP) is 2.81. The van der Waals surface area contributed by atoms with Crippen molar-refractivity contribution in [1.82, 2.24) is 5.43 Å². The lowest BCUT2D eigenvalue weighted by Gasteiger charge is -2.20. The summed E-state index contributed by atoms with van der Waals surface area (Å²) in [4.78, 5) is 0. The molecule has 0 aromatic heterocycles. The highest BCUT2D eigenvalue weighted by molar-refractivity contribution is 6.30. The molecule has 0 radical (unpaired) electrons. The Balaban J connectivity index is 3.04. The maximum atomic E-state index is 5.99. The van der Waals surface area contributed by atoms with Gasteiger partial charge >= 0.3 is 0 Å². The molecule has 3 N–H and O–H groups in total. The Morgan fingerprint density at radius 2 is 1.93 bits per heavy atom. The van der Waals surface area contributed by atoms with Crippen molar-refractivity contribution in [2.75, 3.05) is 0 Å². The van der Waals surface area contributed by atoms with Crippen LogP contribution < -0.4 is 11.3 Å². The van der Waals surface area contributed by atoms with Gasteiger partial charge in [0.2, 0.25) is 0 Å². The molecule has 0 fully saturated rings. The third-order valence-corrected chi connectivity index (χ3v) is 2.49. The van der Waals surface area contributed by atoms with Gasteiger partial charge in [-0.1, -0.05) is 31.5 Å². The van der Waals surface area contributed by atoms with E-state index in [9.17, 15) is 0 Å². The Morgan fingerprint density at radius 1 is 1.29 bits per heavy atom. The van der Waals surface area contributed by atoms with Crippen molar-refractivity contribution in [3.8, 4) is 0 Å². The van der Waals surface area contributed by atoms with Crippen LogP contribution in [0.5, 0.6) is 0 Å². The fraction of sp³-hybridized carbons (Fsp3) is 0.455. The highest BCUT2D eigenvalue weighted by Crippen LogP contribution is 2.24. The van der Waals surface area contributed by atoms with Crippen LogP contribution in [0.3, 0.4) is 0 Å². The fourth-order valence-corrected chi connectivity index (χ4v) is 1.92. The third kappa shape index (κ3) is 2.71. The first kappa shape index (κ1) is 11.5. The van der Waals surface area contributed by atoms with Crippen LogP contribution in [0.4, 0.5) is 0 Å². The van der Waals surface area contributed by atoms with Gasteiger partial charge in [0, 0.05) is 11.1 Å². The lowest BCUT2D eigenvalue weighted by Crippen LogP contribution is -2.31. The van der Waals surface area contributed by atoms with Gasteiger partial charge in [-0.3, -0.25) is 11.3 Å². The van der Waals surface area contributed by atoms with Gasteiger partial charge in [-0.2, -0.15) is 0 Å². The van der Waals surface area contributed by atoms with Crippen LogP contribution in [0.2, 0.25) is 5.02 Å². The van der Waals surface area contributed by atoms with E-state index in [0.29, 0.717) is 5.92 Å². The molecule has 0 amide bonds. The zero-order chi connectivity index (χ0) is 10.7. The molecule has 3 heteroatoms. The number of hydrogen-bond acceptors (Lipinski definition) is 2. The van der Waals surface area contributed by atoms with Gasteiger partial charge in [0.1, 0.15) is 0 Å². The van der Waals surface area contributed by atoms with Gasteiger partial charge in [-0.15, -0.1) is 0 Å². The molecule has 1 aromatic rings. The van der Waals surface area contributed by atoms with Gasteiger partial charge in [0.25, 0.3) is 0 Å². The Hall–Kier alpha value is -0.570. The monoisotopic (exact) mass is 212 g/mol. The Bertz CT molecular complexity index is 290. The van der Waals surface area contributed by atoms with Gasteiger partial charge in [0.15, 0.2) is 0 Å². The summed E-state index contributed by atoms with van der Waals surface area (Å²) in [5.41, 5.74) is 5.12. The van der Waals surface area contributed by atoms with Crippen molar-refractivity contribution in [3.63, 3.8) is 0 Å². The van der Waals surface area contributed by atoms with E-state index >= 15 is 0 Å². The molecule has 0 aliphatic rings. The SMILES string of the molecule is Cc1cc(Cl)cc(C(NN)C(C)C)c1. The second kappa shape index (κ2) is 4.78. The minimum Gasteiger partial charge on any atom is -0.271 e. The van der Waals surface area contributed by atoms with Crippen LogP contribution in [0.15, 0.2) is 18.2 Å². The van der Waals surface area contributed by atoms with E-state index in [1.54, 1.807) is 0 Å². The van der Waals surface area contributed by atoms with Crippen molar-refractivity contribution in [3.05, 3.63) is 34.3 Å². The van der Waals surface area contributed by atoms with E-state index in [0.717, 1.165) is 16.1 Å². The fourth-order valence-electron chi connectivity index (χ4n) is 1.62. The maximum Gasteiger partial charge on any atom is 0.0483 e. The van der Waals surface area contributed by atoms with Crippen LogP contribution in [0, 0.1) is 12.8 Å². The zero-order valence-electron chi connectivity index (χ0n) is 8.84. The first-order chi connectivity index (χ1) is 6.54. The molecule has 0 saturated carbocycles. The van der Waals surface area contributed by atoms with Crippen molar-refractivity contribution < 1.29 is 0 Å². The summed E-state index contributed by atoms with van der Waals surface area (Å²) < 4.78 is 0. The number of hydrazine groups is 1. The molecule has 0 bridgehead atoms. The van der Waals surface area contributed by atoms with E-state index in [4.69, 9.17) is 17.4 Å². The summed E-state index contributed by atoms with van der Waals surface area (Å²) in [7, 11) is 0. The Labute approximate surface area is 90.4 Å². The van der Waals surface area contributed by atoms with Crippen LogP contribution in [0.25, 0.3) is 0 Å².